The van der Waals surface area contributed by atoms with Crippen LogP contribution in [-0.4, -0.2) is 8.80 Å². The molecule has 2 heteroatoms. The van der Waals surface area contributed by atoms with Crippen molar-refractivity contribution in [2.75, 3.05) is 0 Å². The molecule has 0 aliphatic rings. The summed E-state index contributed by atoms with van der Waals surface area (Å²) in [5.74, 6) is 0. The van der Waals surface area contributed by atoms with Crippen LogP contribution in [-0.2, 0) is 0 Å². The number of benzene rings is 9. The fraction of sp³-hybridized carbons (Fsp3) is 0.0385. The van der Waals surface area contributed by atoms with Gasteiger partial charge in [0.1, 0.15) is 0 Å². The van der Waals surface area contributed by atoms with Gasteiger partial charge in [-0.15, -0.1) is 0 Å². The van der Waals surface area contributed by atoms with Crippen molar-refractivity contribution in [3.8, 4) is 22.3 Å². The SMILES string of the molecule is Cc1ccccc1-c1c2cc3c4cccc5c6ccccc6n(c3cc2c(-c2ccccc2C)c2cc3c6cccc7c8ccccc8n(c3cc12)c76)c54. The van der Waals surface area contributed by atoms with E-state index in [1.807, 2.05) is 0 Å². The van der Waals surface area contributed by atoms with Gasteiger partial charge in [-0.05, 0) is 105 Å². The Balaban J connectivity index is 1.33. The smallest absolute Gasteiger partial charge is 0.0620 e. The van der Waals surface area contributed by atoms with Crippen molar-refractivity contribution in [1.82, 2.24) is 8.80 Å². The molecule has 4 heterocycles. The minimum atomic E-state index is 1.26. The fourth-order valence-corrected chi connectivity index (χ4v) is 10.4. The number of aryl methyl sites for hydroxylation is 2. The second-order valence-electron chi connectivity index (χ2n) is 15.3. The van der Waals surface area contributed by atoms with Gasteiger partial charge < -0.3 is 8.80 Å². The zero-order valence-corrected chi connectivity index (χ0v) is 29.9. The van der Waals surface area contributed by atoms with E-state index in [9.17, 15) is 0 Å². The molecule has 0 amide bonds. The van der Waals surface area contributed by atoms with Crippen LogP contribution in [0.25, 0.3) is 120 Å². The minimum Gasteiger partial charge on any atom is -0.308 e. The van der Waals surface area contributed by atoms with Gasteiger partial charge in [-0.1, -0.05) is 121 Å². The average Bonchev–Trinajstić information content (AvgIpc) is 3.93. The maximum absolute atomic E-state index is 2.52. The van der Waals surface area contributed by atoms with Gasteiger partial charge in [0.25, 0.3) is 0 Å². The van der Waals surface area contributed by atoms with Gasteiger partial charge in [0.05, 0.1) is 33.1 Å². The van der Waals surface area contributed by atoms with Crippen LogP contribution in [0.5, 0.6) is 0 Å². The van der Waals surface area contributed by atoms with Crippen molar-refractivity contribution in [3.63, 3.8) is 0 Å². The van der Waals surface area contributed by atoms with E-state index < -0.39 is 0 Å². The van der Waals surface area contributed by atoms with Gasteiger partial charge >= 0.3 is 0 Å². The molecule has 0 atom stereocenters. The standard InChI is InChI=1S/C52H32N2/c1-29-13-3-5-15-31(29)49-41-25-39-37-21-11-19-35-34-18-8-10-24-46(34)54(51(35)37)48(39)28-44(41)50(32-16-6-4-14-30(32)2)42-26-40-38-22-12-20-36-33-17-7-9-23-45(33)53(52(36)38)47(40)27-43(42)49/h3-28H,1-2H3. The Hall–Kier alpha value is -6.90. The monoisotopic (exact) mass is 684 g/mol. The first-order valence-corrected chi connectivity index (χ1v) is 18.9. The van der Waals surface area contributed by atoms with Crippen molar-refractivity contribution in [3.05, 3.63) is 169 Å². The largest absolute Gasteiger partial charge is 0.308 e. The Morgan fingerprint density at radius 1 is 0.278 bits per heavy atom. The van der Waals surface area contributed by atoms with Crippen molar-refractivity contribution in [2.24, 2.45) is 0 Å². The predicted octanol–water partition coefficient (Wildman–Crippen LogP) is 14.2. The summed E-state index contributed by atoms with van der Waals surface area (Å²) in [5.41, 5.74) is 15.4. The van der Waals surface area contributed by atoms with Gasteiger partial charge in [-0.2, -0.15) is 0 Å². The van der Waals surface area contributed by atoms with Crippen LogP contribution >= 0.6 is 0 Å². The number of fused-ring (bicyclic) bond motifs is 14. The van der Waals surface area contributed by atoms with Gasteiger partial charge in [0, 0.05) is 43.1 Å². The van der Waals surface area contributed by atoms with Crippen molar-refractivity contribution >= 4 is 97.7 Å². The summed E-state index contributed by atoms with van der Waals surface area (Å²) in [6, 6.07) is 59.5. The molecule has 2 nitrogen and oxygen atoms in total. The third kappa shape index (κ3) is 3.38. The molecule has 0 fully saturated rings. The lowest BCUT2D eigenvalue weighted by molar-refractivity contribution is 1.37. The fourth-order valence-electron chi connectivity index (χ4n) is 10.4. The molecular formula is C52H32N2. The van der Waals surface area contributed by atoms with Crippen molar-refractivity contribution in [1.29, 1.82) is 0 Å². The molecule has 0 saturated carbocycles. The molecule has 13 rings (SSSR count). The summed E-state index contributed by atoms with van der Waals surface area (Å²) < 4.78 is 5.05. The Morgan fingerprint density at radius 3 is 1.07 bits per heavy atom. The number of rotatable bonds is 2. The second kappa shape index (κ2) is 9.95. The van der Waals surface area contributed by atoms with Crippen molar-refractivity contribution in [2.45, 2.75) is 13.8 Å². The van der Waals surface area contributed by atoms with Crippen LogP contribution in [0.2, 0.25) is 0 Å². The van der Waals surface area contributed by atoms with E-state index >= 15 is 0 Å². The first kappa shape index (κ1) is 28.7. The molecule has 9 aromatic carbocycles. The maximum atomic E-state index is 2.52. The summed E-state index contributed by atoms with van der Waals surface area (Å²) in [7, 11) is 0. The second-order valence-corrected chi connectivity index (χ2v) is 15.3. The molecule has 0 bridgehead atoms. The van der Waals surface area contributed by atoms with E-state index in [4.69, 9.17) is 0 Å². The van der Waals surface area contributed by atoms with Gasteiger partial charge in [-0.3, -0.25) is 0 Å². The number of aromatic nitrogens is 2. The summed E-state index contributed by atoms with van der Waals surface area (Å²) in [6.45, 7) is 4.53. The molecule has 0 spiro atoms. The molecule has 250 valence electrons. The lowest BCUT2D eigenvalue weighted by Crippen LogP contribution is -1.95. The third-order valence-electron chi connectivity index (χ3n) is 12.6. The minimum absolute atomic E-state index is 1.26. The van der Waals surface area contributed by atoms with Gasteiger partial charge in [0.2, 0.25) is 0 Å². The molecule has 13 aromatic rings. The van der Waals surface area contributed by atoms with E-state index in [0.717, 1.165) is 0 Å². The Morgan fingerprint density at radius 2 is 0.630 bits per heavy atom. The summed E-state index contributed by atoms with van der Waals surface area (Å²) in [6.07, 6.45) is 0. The van der Waals surface area contributed by atoms with Crippen LogP contribution in [0.3, 0.4) is 0 Å². The molecule has 0 radical (unpaired) electrons. The highest BCUT2D eigenvalue weighted by molar-refractivity contribution is 6.32. The normalized spacial score (nSPS) is 12.6. The highest BCUT2D eigenvalue weighted by Crippen LogP contribution is 2.50. The summed E-state index contributed by atoms with van der Waals surface area (Å²) >= 11 is 0. The lowest BCUT2D eigenvalue weighted by Gasteiger charge is -2.20. The molecule has 0 unspecified atom stereocenters. The predicted molar refractivity (Wildman–Crippen MR) is 231 cm³/mol. The van der Waals surface area contributed by atoms with E-state index in [-0.39, 0.29) is 0 Å². The van der Waals surface area contributed by atoms with Crippen molar-refractivity contribution < 1.29 is 0 Å². The van der Waals surface area contributed by atoms with Crippen LogP contribution in [0.15, 0.2) is 158 Å². The number of nitrogens with zero attached hydrogens (tertiary/aromatic N) is 2. The van der Waals surface area contributed by atoms with Crippen LogP contribution in [0.4, 0.5) is 0 Å². The molecule has 0 aliphatic heterocycles. The topological polar surface area (TPSA) is 8.82 Å². The molecular weight excluding hydrogens is 653 g/mol. The molecule has 0 N–H and O–H groups in total. The van der Waals surface area contributed by atoms with E-state index in [1.54, 1.807) is 0 Å². The number of hydrogen-bond acceptors (Lipinski definition) is 0. The van der Waals surface area contributed by atoms with Crippen LogP contribution < -0.4 is 0 Å². The zero-order chi connectivity index (χ0) is 35.4. The molecule has 54 heavy (non-hydrogen) atoms. The number of hydrogen-bond donors (Lipinski definition) is 0. The average molecular weight is 685 g/mol. The van der Waals surface area contributed by atoms with E-state index in [2.05, 4.69) is 180 Å². The lowest BCUT2D eigenvalue weighted by atomic mass is 9.83. The van der Waals surface area contributed by atoms with Crippen LogP contribution in [0, 0.1) is 13.8 Å². The highest BCUT2D eigenvalue weighted by atomic mass is 14.9. The maximum Gasteiger partial charge on any atom is 0.0620 e. The summed E-state index contributed by atoms with van der Waals surface area (Å²) in [5, 5.41) is 15.6. The Labute approximate surface area is 310 Å². The summed E-state index contributed by atoms with van der Waals surface area (Å²) in [4.78, 5) is 0. The Bertz CT molecular complexity index is 3490. The molecule has 4 aromatic heterocycles. The zero-order valence-electron chi connectivity index (χ0n) is 29.9. The quantitative estimate of drug-likeness (QED) is 0.160. The van der Waals surface area contributed by atoms with E-state index in [1.165, 1.54) is 131 Å². The van der Waals surface area contributed by atoms with Gasteiger partial charge in [-0.25, -0.2) is 0 Å². The third-order valence-corrected chi connectivity index (χ3v) is 12.6. The van der Waals surface area contributed by atoms with E-state index in [0.29, 0.717) is 0 Å². The molecule has 0 aliphatic carbocycles. The number of para-hydroxylation sites is 4. The first-order chi connectivity index (χ1) is 26.7. The van der Waals surface area contributed by atoms with Gasteiger partial charge in [0.15, 0.2) is 0 Å². The highest BCUT2D eigenvalue weighted by Gasteiger charge is 2.25. The Kier molecular flexibility index (Phi) is 5.28. The molecule has 0 saturated heterocycles. The van der Waals surface area contributed by atoms with Crippen LogP contribution in [0.1, 0.15) is 11.1 Å². The first-order valence-electron chi connectivity index (χ1n) is 18.9.